The minimum atomic E-state index is -0.336. The zero-order valence-corrected chi connectivity index (χ0v) is 15.4. The maximum absolute atomic E-state index is 13.2. The lowest BCUT2D eigenvalue weighted by atomic mass is 10.2. The Morgan fingerprint density at radius 3 is 2.79 bits per heavy atom. The van der Waals surface area contributed by atoms with Gasteiger partial charge in [0, 0.05) is 30.7 Å². The molecule has 4 nitrogen and oxygen atoms in total. The Hall–Kier alpha value is -1.79. The number of hydrogen-bond acceptors (Lipinski definition) is 2. The third-order valence-electron chi connectivity index (χ3n) is 3.33. The summed E-state index contributed by atoms with van der Waals surface area (Å²) in [5.41, 5.74) is 1.34. The number of hydrogen-bond donors (Lipinski definition) is 1. The van der Waals surface area contributed by atoms with Crippen molar-refractivity contribution in [1.82, 2.24) is 5.32 Å². The first-order valence-electron chi connectivity index (χ1n) is 7.24. The first-order chi connectivity index (χ1) is 11.5. The van der Waals surface area contributed by atoms with Crippen molar-refractivity contribution in [2.45, 2.75) is 6.54 Å². The fourth-order valence-corrected chi connectivity index (χ4v) is 2.75. The van der Waals surface area contributed by atoms with Crippen LogP contribution in [0.1, 0.15) is 5.56 Å². The molecule has 0 unspecified atom stereocenters. The maximum Gasteiger partial charge on any atom is 0.322 e. The van der Waals surface area contributed by atoms with Crippen LogP contribution in [-0.2, 0) is 6.54 Å². The molecule has 128 valence electrons. The lowest BCUT2D eigenvalue weighted by molar-refractivity contribution is 0.246. The van der Waals surface area contributed by atoms with Gasteiger partial charge in [0.1, 0.15) is 11.6 Å². The van der Waals surface area contributed by atoms with Crippen LogP contribution < -0.4 is 15.0 Å². The zero-order chi connectivity index (χ0) is 17.5. The van der Waals surface area contributed by atoms with Gasteiger partial charge in [0.2, 0.25) is 0 Å². The number of halogens is 3. The molecule has 0 bridgehead atoms. The molecule has 0 fully saturated rings. The van der Waals surface area contributed by atoms with E-state index in [0.717, 1.165) is 4.47 Å². The number of methoxy groups -OCH3 is 1. The lowest BCUT2D eigenvalue weighted by Gasteiger charge is -2.23. The summed E-state index contributed by atoms with van der Waals surface area (Å²) in [4.78, 5) is 14.0. The standard InChI is InChI=1S/C17H17BrClFN2O2/c1-24-16-10-14(5-6-15(16)18)22(8-7-19)17(23)21-11-12-3-2-4-13(20)9-12/h2-6,9-10H,7-8,11H2,1H3,(H,21,23). The molecule has 0 spiro atoms. The van der Waals surface area contributed by atoms with Gasteiger partial charge in [-0.1, -0.05) is 12.1 Å². The highest BCUT2D eigenvalue weighted by molar-refractivity contribution is 9.10. The monoisotopic (exact) mass is 414 g/mol. The summed E-state index contributed by atoms with van der Waals surface area (Å²) in [6.07, 6.45) is 0. The number of urea groups is 1. The number of rotatable bonds is 6. The van der Waals surface area contributed by atoms with Crippen molar-refractivity contribution in [1.29, 1.82) is 0 Å². The topological polar surface area (TPSA) is 41.6 Å². The highest BCUT2D eigenvalue weighted by atomic mass is 79.9. The molecule has 0 aliphatic heterocycles. The molecule has 7 heteroatoms. The van der Waals surface area contributed by atoms with E-state index >= 15 is 0 Å². The Bertz CT molecular complexity index is 715. The van der Waals surface area contributed by atoms with Crippen molar-refractivity contribution in [3.8, 4) is 5.75 Å². The van der Waals surface area contributed by atoms with Crippen LogP contribution in [-0.4, -0.2) is 25.6 Å². The predicted octanol–water partition coefficient (Wildman–Crippen LogP) is 4.55. The minimum Gasteiger partial charge on any atom is -0.495 e. The second-order valence-electron chi connectivity index (χ2n) is 4.95. The minimum absolute atomic E-state index is 0.225. The van der Waals surface area contributed by atoms with Crippen molar-refractivity contribution < 1.29 is 13.9 Å². The molecule has 2 aromatic carbocycles. The molecular weight excluding hydrogens is 399 g/mol. The molecule has 2 rings (SSSR count). The Morgan fingerprint density at radius 2 is 2.12 bits per heavy atom. The van der Waals surface area contributed by atoms with Crippen molar-refractivity contribution >= 4 is 39.2 Å². The molecule has 2 aromatic rings. The molecule has 0 aliphatic rings. The quantitative estimate of drug-likeness (QED) is 0.703. The summed E-state index contributed by atoms with van der Waals surface area (Å²) < 4.78 is 19.2. The van der Waals surface area contributed by atoms with Crippen LogP contribution in [0.5, 0.6) is 5.75 Å². The SMILES string of the molecule is COc1cc(N(CCCl)C(=O)NCc2cccc(F)c2)ccc1Br. The van der Waals surface area contributed by atoms with Gasteiger partial charge >= 0.3 is 6.03 Å². The van der Waals surface area contributed by atoms with Gasteiger partial charge in [0.15, 0.2) is 0 Å². The van der Waals surface area contributed by atoms with E-state index in [0.29, 0.717) is 23.5 Å². The van der Waals surface area contributed by atoms with Gasteiger partial charge in [-0.25, -0.2) is 9.18 Å². The van der Waals surface area contributed by atoms with Crippen LogP contribution in [0.3, 0.4) is 0 Å². The zero-order valence-electron chi connectivity index (χ0n) is 13.1. The lowest BCUT2D eigenvalue weighted by Crippen LogP contribution is -2.41. The average Bonchev–Trinajstić information content (AvgIpc) is 2.58. The Morgan fingerprint density at radius 1 is 1.33 bits per heavy atom. The second kappa shape index (κ2) is 8.89. The summed E-state index contributed by atoms with van der Waals surface area (Å²) in [5, 5.41) is 2.77. The van der Waals surface area contributed by atoms with Gasteiger partial charge in [-0.2, -0.15) is 0 Å². The number of nitrogens with one attached hydrogen (secondary N) is 1. The van der Waals surface area contributed by atoms with Crippen LogP contribution in [0.15, 0.2) is 46.9 Å². The van der Waals surface area contributed by atoms with Gasteiger partial charge in [-0.15, -0.1) is 11.6 Å². The largest absolute Gasteiger partial charge is 0.495 e. The highest BCUT2D eigenvalue weighted by Crippen LogP contribution is 2.29. The van der Waals surface area contributed by atoms with Crippen molar-refractivity contribution in [2.24, 2.45) is 0 Å². The number of nitrogens with zero attached hydrogens (tertiary/aromatic N) is 1. The number of carbonyl (C=O) groups excluding carboxylic acids is 1. The molecule has 1 N–H and O–H groups in total. The third-order valence-corrected chi connectivity index (χ3v) is 4.16. The first-order valence-corrected chi connectivity index (χ1v) is 8.57. The van der Waals surface area contributed by atoms with Crippen molar-refractivity contribution in [3.63, 3.8) is 0 Å². The van der Waals surface area contributed by atoms with Crippen LogP contribution in [0.25, 0.3) is 0 Å². The van der Waals surface area contributed by atoms with Crippen LogP contribution in [0, 0.1) is 5.82 Å². The smallest absolute Gasteiger partial charge is 0.322 e. The van der Waals surface area contributed by atoms with E-state index in [1.54, 1.807) is 37.4 Å². The Kier molecular flexibility index (Phi) is 6.87. The van der Waals surface area contributed by atoms with Crippen LogP contribution in [0.4, 0.5) is 14.9 Å². The summed E-state index contributed by atoms with van der Waals surface area (Å²) in [6, 6.07) is 11.1. The average molecular weight is 416 g/mol. The molecule has 0 saturated carbocycles. The number of carbonyl (C=O) groups is 1. The van der Waals surface area contributed by atoms with Gasteiger partial charge in [-0.05, 0) is 45.8 Å². The fraction of sp³-hybridized carbons (Fsp3) is 0.235. The summed E-state index contributed by atoms with van der Waals surface area (Å²) >= 11 is 9.20. The number of benzene rings is 2. The Balaban J connectivity index is 2.12. The number of ether oxygens (including phenoxy) is 1. The summed E-state index contributed by atoms with van der Waals surface area (Å²) in [7, 11) is 1.56. The molecule has 0 aliphatic carbocycles. The fourth-order valence-electron chi connectivity index (χ4n) is 2.17. The molecule has 0 atom stereocenters. The van der Waals surface area contributed by atoms with Gasteiger partial charge in [0.05, 0.1) is 11.6 Å². The van der Waals surface area contributed by atoms with E-state index in [1.807, 2.05) is 0 Å². The molecule has 2 amide bonds. The van der Waals surface area contributed by atoms with Crippen LogP contribution in [0.2, 0.25) is 0 Å². The van der Waals surface area contributed by atoms with E-state index in [2.05, 4.69) is 21.2 Å². The van der Waals surface area contributed by atoms with Gasteiger partial charge < -0.3 is 10.1 Å². The molecular formula is C17H17BrClFN2O2. The predicted molar refractivity (Wildman–Crippen MR) is 97.4 cm³/mol. The molecule has 0 radical (unpaired) electrons. The van der Waals surface area contributed by atoms with Gasteiger partial charge in [0.25, 0.3) is 0 Å². The summed E-state index contributed by atoms with van der Waals surface area (Å²) in [6.45, 7) is 0.560. The van der Waals surface area contributed by atoms with E-state index in [4.69, 9.17) is 16.3 Å². The van der Waals surface area contributed by atoms with Crippen molar-refractivity contribution in [3.05, 3.63) is 58.3 Å². The molecule has 0 aromatic heterocycles. The first kappa shape index (κ1) is 18.5. The summed E-state index contributed by atoms with van der Waals surface area (Å²) in [5.74, 6) is 0.563. The number of anilines is 1. The second-order valence-corrected chi connectivity index (χ2v) is 6.18. The Labute approximate surface area is 153 Å². The third kappa shape index (κ3) is 4.85. The normalized spacial score (nSPS) is 10.3. The van der Waals surface area contributed by atoms with E-state index < -0.39 is 0 Å². The number of alkyl halides is 1. The van der Waals surface area contributed by atoms with Crippen molar-refractivity contribution in [2.75, 3.05) is 24.4 Å². The molecule has 0 saturated heterocycles. The highest BCUT2D eigenvalue weighted by Gasteiger charge is 2.16. The van der Waals surface area contributed by atoms with E-state index in [9.17, 15) is 9.18 Å². The van der Waals surface area contributed by atoms with E-state index in [-0.39, 0.29) is 24.3 Å². The molecule has 0 heterocycles. The molecule has 24 heavy (non-hydrogen) atoms. The van der Waals surface area contributed by atoms with Crippen LogP contribution >= 0.6 is 27.5 Å². The maximum atomic E-state index is 13.2. The van der Waals surface area contributed by atoms with E-state index in [1.165, 1.54) is 17.0 Å². The van der Waals surface area contributed by atoms with Gasteiger partial charge in [-0.3, -0.25) is 4.90 Å². The number of amides is 2.